The van der Waals surface area contributed by atoms with Gasteiger partial charge in [0, 0.05) is 29.9 Å². The summed E-state index contributed by atoms with van der Waals surface area (Å²) >= 11 is 0.758. The molecule has 1 saturated heterocycles. The summed E-state index contributed by atoms with van der Waals surface area (Å²) in [6.45, 7) is 10.8. The number of hydrogen-bond donors (Lipinski definition) is 4. The highest BCUT2D eigenvalue weighted by Crippen LogP contribution is 2.44. The Balaban J connectivity index is 2.16. The molecule has 1 amide bonds. The predicted molar refractivity (Wildman–Crippen MR) is 133 cm³/mol. The number of nitrogens with one attached hydrogen (secondary N) is 2. The Kier molecular flexibility index (Phi) is 8.04. The fourth-order valence-electron chi connectivity index (χ4n) is 4.00. The van der Waals surface area contributed by atoms with Crippen LogP contribution in [0.1, 0.15) is 81.7 Å². The lowest BCUT2D eigenvalue weighted by atomic mass is 10.0. The van der Waals surface area contributed by atoms with Crippen LogP contribution >= 0.6 is 11.3 Å². The van der Waals surface area contributed by atoms with Gasteiger partial charge < -0.3 is 20.8 Å². The van der Waals surface area contributed by atoms with Gasteiger partial charge in [-0.3, -0.25) is 9.69 Å². The fourth-order valence-corrected chi connectivity index (χ4v) is 5.01. The molecule has 1 unspecified atom stereocenters. The van der Waals surface area contributed by atoms with E-state index in [1.807, 2.05) is 27.7 Å². The molecule has 0 aromatic carbocycles. The zero-order valence-corrected chi connectivity index (χ0v) is 22.1. The van der Waals surface area contributed by atoms with E-state index in [4.69, 9.17) is 0 Å². The normalized spacial score (nSPS) is 18.4. The molecule has 2 aromatic rings. The lowest BCUT2D eigenvalue weighted by molar-refractivity contribution is -0.137. The van der Waals surface area contributed by atoms with Crippen LogP contribution < -0.4 is 10.6 Å². The van der Waals surface area contributed by atoms with Gasteiger partial charge in [0.05, 0.1) is 22.6 Å². The summed E-state index contributed by atoms with van der Waals surface area (Å²) in [4.78, 5) is 23.2. The third-order valence-corrected chi connectivity index (χ3v) is 6.92. The van der Waals surface area contributed by atoms with Crippen molar-refractivity contribution in [2.24, 2.45) is 0 Å². The first kappa shape index (κ1) is 28.3. The largest absolute Gasteiger partial charge is 0.417 e. The van der Waals surface area contributed by atoms with E-state index in [1.165, 1.54) is 0 Å². The van der Waals surface area contributed by atoms with E-state index in [1.54, 1.807) is 18.7 Å². The Bertz CT molecular complexity index is 1100. The van der Waals surface area contributed by atoms with Crippen LogP contribution in [0.2, 0.25) is 0 Å². The van der Waals surface area contributed by atoms with Crippen molar-refractivity contribution in [3.8, 4) is 10.4 Å². The lowest BCUT2D eigenvalue weighted by Gasteiger charge is -2.27. The number of alkyl halides is 3. The van der Waals surface area contributed by atoms with Gasteiger partial charge in [0.2, 0.25) is 0 Å². The number of aliphatic hydroxyl groups is 2. The first-order valence-corrected chi connectivity index (χ1v) is 12.6. The SMILES string of the molecule is C[C@H]1CCCN1C(O)c1nc(C(=O)NC(C)(C)CO)sc1-c1cnc(NC(C)(C)C)cc1C(F)(F)F. The molecule has 2 atom stereocenters. The van der Waals surface area contributed by atoms with Gasteiger partial charge in [0.15, 0.2) is 11.2 Å². The highest BCUT2D eigenvalue weighted by molar-refractivity contribution is 7.17. The number of thiazole rings is 1. The third kappa shape index (κ3) is 6.53. The van der Waals surface area contributed by atoms with Gasteiger partial charge in [-0.15, -0.1) is 11.3 Å². The van der Waals surface area contributed by atoms with E-state index in [-0.39, 0.29) is 39.6 Å². The van der Waals surface area contributed by atoms with Crippen molar-refractivity contribution in [3.63, 3.8) is 0 Å². The summed E-state index contributed by atoms with van der Waals surface area (Å²) in [7, 11) is 0. The number of anilines is 1. The van der Waals surface area contributed by atoms with Crippen molar-refractivity contribution < 1.29 is 28.2 Å². The van der Waals surface area contributed by atoms with Crippen molar-refractivity contribution in [3.05, 3.63) is 28.5 Å². The highest BCUT2D eigenvalue weighted by Gasteiger charge is 2.39. The number of aromatic nitrogens is 2. The number of rotatable bonds is 7. The van der Waals surface area contributed by atoms with Gasteiger partial charge in [0.1, 0.15) is 11.5 Å². The standard InChI is InChI=1S/C24H34F3N5O3S/c1-13-8-7-9-32(13)21(35)17-18(36-20(29-17)19(34)31-23(5,6)12-33)14-11-28-16(30-22(2,3)4)10-15(14)24(25,26)27/h10-11,13,21,33,35H,7-9,12H2,1-6H3,(H,28,30)(H,31,34)/t13-,21?/m0/s1. The molecule has 0 saturated carbocycles. The molecule has 2 aromatic heterocycles. The summed E-state index contributed by atoms with van der Waals surface area (Å²) in [6, 6.07) is 0.933. The Morgan fingerprint density at radius 2 is 1.94 bits per heavy atom. The maximum Gasteiger partial charge on any atom is 0.417 e. The molecular formula is C24H34F3N5O3S. The van der Waals surface area contributed by atoms with E-state index in [0.717, 1.165) is 36.4 Å². The maximum absolute atomic E-state index is 14.2. The topological polar surface area (TPSA) is 111 Å². The van der Waals surface area contributed by atoms with Crippen LogP contribution in [0.3, 0.4) is 0 Å². The van der Waals surface area contributed by atoms with Crippen LogP contribution in [0.25, 0.3) is 10.4 Å². The van der Waals surface area contributed by atoms with Crippen molar-refractivity contribution in [1.29, 1.82) is 0 Å². The molecule has 3 rings (SSSR count). The Morgan fingerprint density at radius 1 is 1.28 bits per heavy atom. The second-order valence-electron chi connectivity index (χ2n) is 10.8. The van der Waals surface area contributed by atoms with Gasteiger partial charge >= 0.3 is 6.18 Å². The number of carbonyl (C=O) groups is 1. The molecule has 200 valence electrons. The quantitative estimate of drug-likeness (QED) is 0.421. The van der Waals surface area contributed by atoms with E-state index >= 15 is 0 Å². The Labute approximate surface area is 213 Å². The minimum atomic E-state index is -4.72. The second-order valence-corrected chi connectivity index (χ2v) is 11.8. The third-order valence-electron chi connectivity index (χ3n) is 5.81. The van der Waals surface area contributed by atoms with E-state index in [0.29, 0.717) is 6.54 Å². The minimum Gasteiger partial charge on any atom is -0.394 e. The molecule has 0 radical (unpaired) electrons. The Hall–Kier alpha value is -2.28. The van der Waals surface area contributed by atoms with Gasteiger partial charge in [0.25, 0.3) is 5.91 Å². The van der Waals surface area contributed by atoms with Gasteiger partial charge in [-0.25, -0.2) is 9.97 Å². The number of hydrogen-bond acceptors (Lipinski definition) is 8. The molecule has 1 fully saturated rings. The molecule has 1 aliphatic rings. The van der Waals surface area contributed by atoms with E-state index < -0.39 is 35.0 Å². The van der Waals surface area contributed by atoms with Crippen molar-refractivity contribution >= 4 is 23.1 Å². The number of carbonyl (C=O) groups excluding carboxylic acids is 1. The van der Waals surface area contributed by atoms with Gasteiger partial charge in [-0.05, 0) is 60.5 Å². The molecule has 8 nitrogen and oxygen atoms in total. The number of amides is 1. The smallest absolute Gasteiger partial charge is 0.394 e. The maximum atomic E-state index is 14.2. The number of likely N-dealkylation sites (tertiary alicyclic amines) is 1. The zero-order valence-electron chi connectivity index (χ0n) is 21.3. The molecule has 0 aliphatic carbocycles. The van der Waals surface area contributed by atoms with Crippen molar-refractivity contribution in [2.75, 3.05) is 18.5 Å². The molecule has 3 heterocycles. The molecule has 12 heteroatoms. The number of nitrogens with zero attached hydrogens (tertiary/aromatic N) is 3. The number of halogens is 3. The van der Waals surface area contributed by atoms with Crippen LogP contribution in [-0.2, 0) is 6.18 Å². The van der Waals surface area contributed by atoms with E-state index in [9.17, 15) is 28.2 Å². The number of aliphatic hydroxyl groups excluding tert-OH is 2. The summed E-state index contributed by atoms with van der Waals surface area (Å²) < 4.78 is 42.7. The van der Waals surface area contributed by atoms with Crippen LogP contribution in [0.4, 0.5) is 19.0 Å². The summed E-state index contributed by atoms with van der Waals surface area (Å²) in [5.74, 6) is -0.596. The Morgan fingerprint density at radius 3 is 2.47 bits per heavy atom. The van der Waals surface area contributed by atoms with Crippen molar-refractivity contribution in [1.82, 2.24) is 20.2 Å². The fraction of sp³-hybridized carbons (Fsp3) is 0.625. The van der Waals surface area contributed by atoms with Crippen molar-refractivity contribution in [2.45, 2.75) is 83.9 Å². The first-order chi connectivity index (χ1) is 16.5. The molecular weight excluding hydrogens is 495 g/mol. The van der Waals surface area contributed by atoms with Crippen LogP contribution in [-0.4, -0.2) is 61.3 Å². The monoisotopic (exact) mass is 529 g/mol. The zero-order chi connectivity index (χ0) is 27.1. The van der Waals surface area contributed by atoms with Gasteiger partial charge in [-0.2, -0.15) is 13.2 Å². The molecule has 0 spiro atoms. The number of pyridine rings is 1. The summed E-state index contributed by atoms with van der Waals surface area (Å²) in [6.07, 6.45) is -3.25. The molecule has 36 heavy (non-hydrogen) atoms. The van der Waals surface area contributed by atoms with Crippen LogP contribution in [0.5, 0.6) is 0 Å². The minimum absolute atomic E-state index is 0.00118. The van der Waals surface area contributed by atoms with Crippen LogP contribution in [0, 0.1) is 0 Å². The van der Waals surface area contributed by atoms with Crippen LogP contribution in [0.15, 0.2) is 12.3 Å². The molecule has 1 aliphatic heterocycles. The average molecular weight is 530 g/mol. The molecule has 4 N–H and O–H groups in total. The van der Waals surface area contributed by atoms with E-state index in [2.05, 4.69) is 20.6 Å². The average Bonchev–Trinajstić information content (AvgIpc) is 3.38. The molecule has 0 bridgehead atoms. The first-order valence-electron chi connectivity index (χ1n) is 11.8. The summed E-state index contributed by atoms with van der Waals surface area (Å²) in [5, 5.41) is 26.2. The lowest BCUT2D eigenvalue weighted by Crippen LogP contribution is -2.46. The predicted octanol–water partition coefficient (Wildman–Crippen LogP) is 4.41. The van der Waals surface area contributed by atoms with Gasteiger partial charge in [-0.1, -0.05) is 0 Å². The highest BCUT2D eigenvalue weighted by atomic mass is 32.1. The second kappa shape index (κ2) is 10.2. The summed E-state index contributed by atoms with van der Waals surface area (Å²) in [5.41, 5.74) is -2.71.